The van der Waals surface area contributed by atoms with E-state index in [9.17, 15) is 9.59 Å². The van der Waals surface area contributed by atoms with Crippen LogP contribution in [0, 0.1) is 0 Å². The van der Waals surface area contributed by atoms with Gasteiger partial charge in [0.25, 0.3) is 0 Å². The van der Waals surface area contributed by atoms with Crippen LogP contribution in [-0.4, -0.2) is 44.5 Å². The van der Waals surface area contributed by atoms with Gasteiger partial charge in [0.1, 0.15) is 0 Å². The number of nitrogens with zero attached hydrogens (tertiary/aromatic N) is 3. The third kappa shape index (κ3) is 3.26. The Morgan fingerprint density at radius 2 is 2.00 bits per heavy atom. The average molecular weight is 313 g/mol. The molecular formula is C17H19N3O3. The lowest BCUT2D eigenvalue weighted by Gasteiger charge is -2.30. The van der Waals surface area contributed by atoms with Crippen LogP contribution in [0.5, 0.6) is 0 Å². The highest BCUT2D eigenvalue weighted by molar-refractivity contribution is 5.88. The van der Waals surface area contributed by atoms with E-state index in [1.807, 2.05) is 21.7 Å². The van der Waals surface area contributed by atoms with E-state index in [1.54, 1.807) is 31.5 Å². The van der Waals surface area contributed by atoms with Gasteiger partial charge in [-0.25, -0.2) is 9.78 Å². The largest absolute Gasteiger partial charge is 0.478 e. The van der Waals surface area contributed by atoms with E-state index in [0.29, 0.717) is 5.92 Å². The summed E-state index contributed by atoms with van der Waals surface area (Å²) in [4.78, 5) is 28.8. The number of hydrogen-bond donors (Lipinski definition) is 1. The third-order valence-corrected chi connectivity index (χ3v) is 4.35. The smallest absolute Gasteiger partial charge is 0.335 e. The van der Waals surface area contributed by atoms with Crippen LogP contribution >= 0.6 is 0 Å². The Morgan fingerprint density at radius 1 is 1.26 bits per heavy atom. The summed E-state index contributed by atoms with van der Waals surface area (Å²) >= 11 is 0. The minimum Gasteiger partial charge on any atom is -0.478 e. The molecule has 120 valence electrons. The van der Waals surface area contributed by atoms with E-state index >= 15 is 0 Å². The first-order valence-electron chi connectivity index (χ1n) is 7.67. The molecule has 1 aromatic heterocycles. The van der Waals surface area contributed by atoms with E-state index in [-0.39, 0.29) is 11.5 Å². The molecule has 23 heavy (non-hydrogen) atoms. The number of carbonyl (C=O) groups is 2. The monoisotopic (exact) mass is 313 g/mol. The minimum absolute atomic E-state index is 0.125. The second kappa shape index (κ2) is 6.24. The first-order valence-corrected chi connectivity index (χ1v) is 7.67. The van der Waals surface area contributed by atoms with Crippen molar-refractivity contribution in [3.05, 3.63) is 48.0 Å². The van der Waals surface area contributed by atoms with Crippen molar-refractivity contribution >= 4 is 11.9 Å². The molecule has 1 amide bonds. The Balaban J connectivity index is 1.75. The first kappa shape index (κ1) is 15.3. The highest BCUT2D eigenvalue weighted by atomic mass is 16.4. The minimum atomic E-state index is -0.941. The third-order valence-electron chi connectivity index (χ3n) is 4.35. The van der Waals surface area contributed by atoms with Gasteiger partial charge in [-0.2, -0.15) is 0 Å². The molecule has 0 bridgehead atoms. The summed E-state index contributed by atoms with van der Waals surface area (Å²) in [6, 6.07) is 6.79. The van der Waals surface area contributed by atoms with Gasteiger partial charge >= 0.3 is 5.97 Å². The highest BCUT2D eigenvalue weighted by Crippen LogP contribution is 2.27. The van der Waals surface area contributed by atoms with Crippen molar-refractivity contribution in [2.75, 3.05) is 13.1 Å². The van der Waals surface area contributed by atoms with E-state index in [0.717, 1.165) is 37.3 Å². The van der Waals surface area contributed by atoms with Crippen LogP contribution in [0.15, 0.2) is 36.8 Å². The van der Waals surface area contributed by atoms with Crippen molar-refractivity contribution in [3.63, 3.8) is 0 Å². The Hall–Kier alpha value is -2.63. The van der Waals surface area contributed by atoms with E-state index in [2.05, 4.69) is 4.98 Å². The number of aromatic carboxylic acids is 1. The second-order valence-corrected chi connectivity index (χ2v) is 5.84. The number of carboxylic acids is 1. The van der Waals surface area contributed by atoms with Gasteiger partial charge in [-0.05, 0) is 31.0 Å². The zero-order chi connectivity index (χ0) is 16.4. The molecule has 3 rings (SSSR count). The number of amides is 1. The maximum atomic E-state index is 11.4. The Morgan fingerprint density at radius 3 is 2.65 bits per heavy atom. The molecule has 1 N–H and O–H groups in total. The SMILES string of the molecule is CC(=O)N1CCC(c2cn(-c3cccc(C(=O)O)c3)cn2)CC1. The first-order chi connectivity index (χ1) is 11.0. The summed E-state index contributed by atoms with van der Waals surface area (Å²) in [6.07, 6.45) is 5.49. The average Bonchev–Trinajstić information content (AvgIpc) is 3.05. The number of rotatable bonds is 3. The summed E-state index contributed by atoms with van der Waals surface area (Å²) in [5.74, 6) is -0.474. The predicted molar refractivity (Wildman–Crippen MR) is 84.8 cm³/mol. The highest BCUT2D eigenvalue weighted by Gasteiger charge is 2.23. The summed E-state index contributed by atoms with van der Waals surface area (Å²) in [5, 5.41) is 9.08. The molecule has 1 aromatic carbocycles. The zero-order valence-electron chi connectivity index (χ0n) is 13.0. The molecule has 1 fully saturated rings. The number of likely N-dealkylation sites (tertiary alicyclic amines) is 1. The van der Waals surface area contributed by atoms with Crippen LogP contribution in [0.3, 0.4) is 0 Å². The molecule has 1 aliphatic heterocycles. The van der Waals surface area contributed by atoms with Gasteiger partial charge in [0.05, 0.1) is 17.6 Å². The molecule has 0 unspecified atom stereocenters. The fourth-order valence-corrected chi connectivity index (χ4v) is 2.98. The summed E-state index contributed by atoms with van der Waals surface area (Å²) in [5.41, 5.74) is 2.03. The van der Waals surface area contributed by atoms with Gasteiger partial charge in [-0.15, -0.1) is 0 Å². The van der Waals surface area contributed by atoms with Gasteiger partial charge in [0.2, 0.25) is 5.91 Å². The Kier molecular flexibility index (Phi) is 4.14. The molecule has 0 radical (unpaired) electrons. The Bertz CT molecular complexity index is 730. The second-order valence-electron chi connectivity index (χ2n) is 5.84. The van der Waals surface area contributed by atoms with Crippen LogP contribution in [-0.2, 0) is 4.79 Å². The van der Waals surface area contributed by atoms with Crippen molar-refractivity contribution in [2.24, 2.45) is 0 Å². The molecule has 6 heteroatoms. The quantitative estimate of drug-likeness (QED) is 0.943. The number of carbonyl (C=O) groups excluding carboxylic acids is 1. The molecular weight excluding hydrogens is 294 g/mol. The van der Waals surface area contributed by atoms with Crippen LogP contribution in [0.25, 0.3) is 5.69 Å². The maximum absolute atomic E-state index is 11.4. The van der Waals surface area contributed by atoms with Crippen LogP contribution < -0.4 is 0 Å². The molecule has 1 aliphatic rings. The number of benzene rings is 1. The topological polar surface area (TPSA) is 75.4 Å². The summed E-state index contributed by atoms with van der Waals surface area (Å²) in [7, 11) is 0. The molecule has 0 spiro atoms. The molecule has 6 nitrogen and oxygen atoms in total. The molecule has 0 atom stereocenters. The van der Waals surface area contributed by atoms with Gasteiger partial charge in [-0.3, -0.25) is 4.79 Å². The number of carboxylic acid groups (broad SMARTS) is 1. The van der Waals surface area contributed by atoms with Gasteiger partial charge in [-0.1, -0.05) is 6.07 Å². The lowest BCUT2D eigenvalue weighted by Crippen LogP contribution is -2.36. The maximum Gasteiger partial charge on any atom is 0.335 e. The molecule has 0 saturated carbocycles. The van der Waals surface area contributed by atoms with Gasteiger partial charge in [0, 0.05) is 37.8 Å². The molecule has 2 heterocycles. The fourth-order valence-electron chi connectivity index (χ4n) is 2.98. The van der Waals surface area contributed by atoms with Crippen LogP contribution in [0.4, 0.5) is 0 Å². The van der Waals surface area contributed by atoms with Crippen molar-refractivity contribution in [2.45, 2.75) is 25.7 Å². The lowest BCUT2D eigenvalue weighted by molar-refractivity contribution is -0.129. The Labute approximate surface area is 134 Å². The standard InChI is InChI=1S/C17H19N3O3/c1-12(21)19-7-5-13(6-8-19)16-10-20(11-18-16)15-4-2-3-14(9-15)17(22)23/h2-4,9-11,13H,5-8H2,1H3,(H,22,23). The number of aromatic nitrogens is 2. The van der Waals surface area contributed by atoms with E-state index in [4.69, 9.17) is 5.11 Å². The van der Waals surface area contributed by atoms with Crippen LogP contribution in [0.2, 0.25) is 0 Å². The molecule has 0 aliphatic carbocycles. The predicted octanol–water partition coefficient (Wildman–Crippen LogP) is 2.30. The summed E-state index contributed by atoms with van der Waals surface area (Å²) in [6.45, 7) is 3.13. The molecule has 2 aromatic rings. The number of piperidine rings is 1. The van der Waals surface area contributed by atoms with Gasteiger partial charge in [0.15, 0.2) is 0 Å². The van der Waals surface area contributed by atoms with E-state index < -0.39 is 5.97 Å². The van der Waals surface area contributed by atoms with Crippen molar-refractivity contribution in [3.8, 4) is 5.69 Å². The number of hydrogen-bond acceptors (Lipinski definition) is 3. The lowest BCUT2D eigenvalue weighted by atomic mass is 9.94. The molecule has 1 saturated heterocycles. The number of imidazole rings is 1. The van der Waals surface area contributed by atoms with Crippen molar-refractivity contribution in [1.82, 2.24) is 14.5 Å². The normalized spacial score (nSPS) is 15.6. The van der Waals surface area contributed by atoms with Crippen LogP contribution in [0.1, 0.15) is 41.7 Å². The fraction of sp³-hybridized carbons (Fsp3) is 0.353. The van der Waals surface area contributed by atoms with E-state index in [1.165, 1.54) is 0 Å². The van der Waals surface area contributed by atoms with Crippen molar-refractivity contribution < 1.29 is 14.7 Å². The van der Waals surface area contributed by atoms with Crippen molar-refractivity contribution in [1.29, 1.82) is 0 Å². The van der Waals surface area contributed by atoms with Gasteiger partial charge < -0.3 is 14.6 Å². The summed E-state index contributed by atoms with van der Waals surface area (Å²) < 4.78 is 1.85. The zero-order valence-corrected chi connectivity index (χ0v) is 13.0.